The molecule has 2 amide bonds. The third-order valence-corrected chi connectivity index (χ3v) is 8.55. The lowest BCUT2D eigenvalue weighted by molar-refractivity contribution is -0.144. The summed E-state index contributed by atoms with van der Waals surface area (Å²) in [5.41, 5.74) is 3.19. The second-order valence-electron chi connectivity index (χ2n) is 10.7. The van der Waals surface area contributed by atoms with Gasteiger partial charge in [-0.05, 0) is 74.7 Å². The molecule has 2 aliphatic rings. The van der Waals surface area contributed by atoms with Crippen molar-refractivity contribution in [1.82, 2.24) is 14.9 Å². The Morgan fingerprint density at radius 2 is 1.63 bits per heavy atom. The summed E-state index contributed by atoms with van der Waals surface area (Å²) in [6, 6.07) is 15.8. The largest absolute Gasteiger partial charge is 0.378 e. The van der Waals surface area contributed by atoms with Crippen LogP contribution in [0.25, 0.3) is 0 Å². The Kier molecular flexibility index (Phi) is 9.19. The first kappa shape index (κ1) is 29.0. The molecule has 2 heterocycles. The highest BCUT2D eigenvalue weighted by Gasteiger charge is 2.48. The topological polar surface area (TPSA) is 87.7 Å². The number of carbonyl (C=O) groups excluding carboxylic acids is 2. The van der Waals surface area contributed by atoms with Gasteiger partial charge in [0.2, 0.25) is 11.8 Å². The van der Waals surface area contributed by atoms with Crippen molar-refractivity contribution in [2.45, 2.75) is 56.8 Å². The van der Waals surface area contributed by atoms with Gasteiger partial charge in [0, 0.05) is 42.4 Å². The number of nitrogens with one attached hydrogen (secondary N) is 1. The quantitative estimate of drug-likeness (QED) is 0.278. The van der Waals surface area contributed by atoms with Crippen LogP contribution in [-0.4, -0.2) is 64.3 Å². The first-order valence-corrected chi connectivity index (χ1v) is 15.1. The molecule has 1 aromatic heterocycles. The van der Waals surface area contributed by atoms with E-state index in [9.17, 15) is 14.0 Å². The number of anilines is 2. The van der Waals surface area contributed by atoms with Gasteiger partial charge in [0.05, 0.1) is 19.0 Å². The van der Waals surface area contributed by atoms with Crippen LogP contribution in [0.15, 0.2) is 59.8 Å². The smallest absolute Gasteiger partial charge is 0.250 e. The van der Waals surface area contributed by atoms with Gasteiger partial charge < -0.3 is 19.9 Å². The molecule has 1 N–H and O–H groups in total. The van der Waals surface area contributed by atoms with Crippen molar-refractivity contribution in [2.75, 3.05) is 42.3 Å². The Morgan fingerprint density at radius 3 is 2.27 bits per heavy atom. The van der Waals surface area contributed by atoms with Crippen LogP contribution in [0, 0.1) is 19.7 Å². The molecule has 2 fully saturated rings. The average molecular weight is 578 g/mol. The van der Waals surface area contributed by atoms with Crippen LogP contribution in [0.1, 0.15) is 42.6 Å². The number of rotatable bonds is 9. The van der Waals surface area contributed by atoms with Gasteiger partial charge in [0.25, 0.3) is 0 Å². The zero-order valence-corrected chi connectivity index (χ0v) is 24.4. The summed E-state index contributed by atoms with van der Waals surface area (Å²) in [6.07, 6.45) is 2.79. The van der Waals surface area contributed by atoms with E-state index in [0.29, 0.717) is 36.9 Å². The first-order valence-electron chi connectivity index (χ1n) is 14.1. The minimum Gasteiger partial charge on any atom is -0.378 e. The molecule has 5 rings (SSSR count). The summed E-state index contributed by atoms with van der Waals surface area (Å²) in [6.45, 7) is 7.07. The van der Waals surface area contributed by atoms with Crippen molar-refractivity contribution >= 4 is 35.0 Å². The average Bonchev–Trinajstić information content (AvgIpc) is 3.47. The van der Waals surface area contributed by atoms with Gasteiger partial charge in [-0.15, -0.1) is 0 Å². The van der Waals surface area contributed by atoms with E-state index in [1.807, 2.05) is 44.2 Å². The van der Waals surface area contributed by atoms with Crippen LogP contribution >= 0.6 is 11.8 Å². The number of amides is 2. The molecule has 41 heavy (non-hydrogen) atoms. The fourth-order valence-corrected chi connectivity index (χ4v) is 6.44. The number of hydrogen-bond donors (Lipinski definition) is 1. The fraction of sp³-hybridized carbons (Fsp3) is 0.419. The molecular weight excluding hydrogens is 541 g/mol. The molecule has 10 heteroatoms. The van der Waals surface area contributed by atoms with E-state index in [1.54, 1.807) is 17.0 Å². The molecule has 216 valence electrons. The summed E-state index contributed by atoms with van der Waals surface area (Å²) in [5.74, 6) is -0.630. The number of halogens is 1. The van der Waals surface area contributed by atoms with Gasteiger partial charge in [-0.3, -0.25) is 9.59 Å². The minimum absolute atomic E-state index is 0.0906. The minimum atomic E-state index is -1.02. The Hall–Kier alpha value is -3.50. The standard InChI is InChI=1S/C31H36FN5O3S/c1-22-19-23(2)34-30(33-22)41-21-28(38)37(20-24-5-7-25(32)8-6-24)31(13-3-4-14-31)29(39)35-26-9-11-27(12-10-26)36-15-17-40-18-16-36/h5-12,19H,3-4,13-18,20-21H2,1-2H3,(H,35,39). The molecule has 0 radical (unpaired) electrons. The Morgan fingerprint density at radius 1 is 1.00 bits per heavy atom. The maximum Gasteiger partial charge on any atom is 0.250 e. The molecular formula is C31H36FN5O3S. The molecule has 8 nitrogen and oxygen atoms in total. The molecule has 0 unspecified atom stereocenters. The van der Waals surface area contributed by atoms with Gasteiger partial charge in [-0.25, -0.2) is 14.4 Å². The molecule has 1 aliphatic carbocycles. The Balaban J connectivity index is 1.37. The van der Waals surface area contributed by atoms with Crippen molar-refractivity contribution < 1.29 is 18.7 Å². The fourth-order valence-electron chi connectivity index (χ4n) is 5.62. The second-order valence-corrected chi connectivity index (χ2v) is 11.6. The predicted molar refractivity (Wildman–Crippen MR) is 158 cm³/mol. The number of carbonyl (C=O) groups is 2. The van der Waals surface area contributed by atoms with E-state index in [2.05, 4.69) is 20.2 Å². The van der Waals surface area contributed by atoms with Gasteiger partial charge in [0.1, 0.15) is 11.4 Å². The van der Waals surface area contributed by atoms with E-state index in [-0.39, 0.29) is 29.9 Å². The highest BCUT2D eigenvalue weighted by molar-refractivity contribution is 7.99. The third-order valence-electron chi connectivity index (χ3n) is 7.71. The highest BCUT2D eigenvalue weighted by Crippen LogP contribution is 2.38. The molecule has 2 aromatic carbocycles. The van der Waals surface area contributed by atoms with E-state index in [1.165, 1.54) is 23.9 Å². The molecule has 1 saturated carbocycles. The highest BCUT2D eigenvalue weighted by atomic mass is 32.2. The van der Waals surface area contributed by atoms with Gasteiger partial charge in [-0.2, -0.15) is 0 Å². The normalized spacial score (nSPS) is 16.4. The van der Waals surface area contributed by atoms with E-state index in [0.717, 1.165) is 48.6 Å². The van der Waals surface area contributed by atoms with Crippen LogP contribution in [0.5, 0.6) is 0 Å². The summed E-state index contributed by atoms with van der Waals surface area (Å²) < 4.78 is 19.1. The monoisotopic (exact) mass is 577 g/mol. The molecule has 0 bridgehead atoms. The van der Waals surface area contributed by atoms with E-state index in [4.69, 9.17) is 4.74 Å². The lowest BCUT2D eigenvalue weighted by atomic mass is 9.92. The maximum atomic E-state index is 14.1. The van der Waals surface area contributed by atoms with Crippen LogP contribution in [0.2, 0.25) is 0 Å². The Bertz CT molecular complexity index is 1340. The van der Waals surface area contributed by atoms with Crippen molar-refractivity contribution in [2.24, 2.45) is 0 Å². The van der Waals surface area contributed by atoms with Crippen molar-refractivity contribution in [1.29, 1.82) is 0 Å². The maximum absolute atomic E-state index is 14.1. The van der Waals surface area contributed by atoms with Crippen LogP contribution in [0.3, 0.4) is 0 Å². The van der Waals surface area contributed by atoms with Crippen molar-refractivity contribution in [3.8, 4) is 0 Å². The number of ether oxygens (including phenoxy) is 1. The molecule has 1 saturated heterocycles. The molecule has 0 atom stereocenters. The zero-order valence-electron chi connectivity index (χ0n) is 23.6. The van der Waals surface area contributed by atoms with Crippen molar-refractivity contribution in [3.63, 3.8) is 0 Å². The summed E-state index contributed by atoms with van der Waals surface area (Å²) in [7, 11) is 0. The van der Waals surface area contributed by atoms with Gasteiger partial charge in [0.15, 0.2) is 5.16 Å². The number of benzene rings is 2. The SMILES string of the molecule is Cc1cc(C)nc(SCC(=O)N(Cc2ccc(F)cc2)C2(C(=O)Nc3ccc(N4CCOCC4)cc3)CCCC2)n1. The number of aryl methyl sites for hydroxylation is 2. The van der Waals surface area contributed by atoms with Crippen LogP contribution < -0.4 is 10.2 Å². The van der Waals surface area contributed by atoms with Crippen LogP contribution in [-0.2, 0) is 20.9 Å². The summed E-state index contributed by atoms with van der Waals surface area (Å²) in [5, 5.41) is 3.64. The molecule has 0 spiro atoms. The summed E-state index contributed by atoms with van der Waals surface area (Å²) >= 11 is 1.27. The lowest BCUT2D eigenvalue weighted by Crippen LogP contribution is -2.57. The number of hydrogen-bond acceptors (Lipinski definition) is 7. The van der Waals surface area contributed by atoms with E-state index < -0.39 is 5.54 Å². The first-order chi connectivity index (χ1) is 19.8. The number of morpholine rings is 1. The van der Waals surface area contributed by atoms with Crippen molar-refractivity contribution in [3.05, 3.63) is 77.4 Å². The predicted octanol–water partition coefficient (Wildman–Crippen LogP) is 5.14. The Labute approximate surface area is 244 Å². The summed E-state index contributed by atoms with van der Waals surface area (Å²) in [4.78, 5) is 40.8. The van der Waals surface area contributed by atoms with E-state index >= 15 is 0 Å². The number of thioether (sulfide) groups is 1. The third kappa shape index (κ3) is 7.05. The number of aromatic nitrogens is 2. The molecule has 1 aliphatic heterocycles. The zero-order chi connectivity index (χ0) is 28.8. The number of nitrogens with zero attached hydrogens (tertiary/aromatic N) is 4. The molecule has 3 aromatic rings. The van der Waals surface area contributed by atoms with Crippen LogP contribution in [0.4, 0.5) is 15.8 Å². The van der Waals surface area contributed by atoms with Gasteiger partial charge >= 0.3 is 0 Å². The lowest BCUT2D eigenvalue weighted by Gasteiger charge is -2.40. The van der Waals surface area contributed by atoms with Gasteiger partial charge in [-0.1, -0.05) is 36.7 Å². The second kappa shape index (κ2) is 13.0.